The van der Waals surface area contributed by atoms with Gasteiger partial charge in [0.1, 0.15) is 5.76 Å². The SMILES string of the molecule is CCN(CCNC(=O)c1nc(C(C)C)oc1C)c1ccccc1. The second-order valence-corrected chi connectivity index (χ2v) is 5.78. The molecule has 0 unspecified atom stereocenters. The van der Waals surface area contributed by atoms with E-state index in [-0.39, 0.29) is 11.8 Å². The lowest BCUT2D eigenvalue weighted by Crippen LogP contribution is -2.35. The molecule has 5 heteroatoms. The summed E-state index contributed by atoms with van der Waals surface area (Å²) in [5, 5.41) is 2.92. The largest absolute Gasteiger partial charge is 0.445 e. The number of nitrogens with zero attached hydrogens (tertiary/aromatic N) is 2. The highest BCUT2D eigenvalue weighted by Gasteiger charge is 2.18. The summed E-state index contributed by atoms with van der Waals surface area (Å²) in [6.45, 7) is 10.1. The van der Waals surface area contributed by atoms with Gasteiger partial charge in [0.15, 0.2) is 11.6 Å². The van der Waals surface area contributed by atoms with Crippen LogP contribution in [0.25, 0.3) is 0 Å². The van der Waals surface area contributed by atoms with E-state index in [1.807, 2.05) is 32.0 Å². The van der Waals surface area contributed by atoms with Gasteiger partial charge in [-0.25, -0.2) is 4.98 Å². The van der Waals surface area contributed by atoms with E-state index in [4.69, 9.17) is 4.42 Å². The molecular formula is C18H25N3O2. The van der Waals surface area contributed by atoms with Crippen LogP contribution in [0, 0.1) is 6.92 Å². The third-order valence-corrected chi connectivity index (χ3v) is 3.69. The molecule has 0 aliphatic carbocycles. The fourth-order valence-electron chi connectivity index (χ4n) is 2.37. The van der Waals surface area contributed by atoms with Gasteiger partial charge in [-0.15, -0.1) is 0 Å². The number of nitrogens with one attached hydrogen (secondary N) is 1. The maximum Gasteiger partial charge on any atom is 0.273 e. The summed E-state index contributed by atoms with van der Waals surface area (Å²) in [6.07, 6.45) is 0. The lowest BCUT2D eigenvalue weighted by atomic mass is 10.2. The number of aryl methyl sites for hydroxylation is 1. The first-order valence-electron chi connectivity index (χ1n) is 8.08. The first-order chi connectivity index (χ1) is 11.0. The lowest BCUT2D eigenvalue weighted by molar-refractivity contribution is 0.0948. The number of carbonyl (C=O) groups is 1. The molecule has 1 N–H and O–H groups in total. The summed E-state index contributed by atoms with van der Waals surface area (Å²) in [7, 11) is 0. The van der Waals surface area contributed by atoms with Crippen LogP contribution in [0.3, 0.4) is 0 Å². The van der Waals surface area contributed by atoms with Crippen molar-refractivity contribution in [3.05, 3.63) is 47.7 Å². The maximum absolute atomic E-state index is 12.3. The van der Waals surface area contributed by atoms with Gasteiger partial charge >= 0.3 is 0 Å². The zero-order valence-electron chi connectivity index (χ0n) is 14.3. The van der Waals surface area contributed by atoms with Crippen LogP contribution in [0.1, 0.15) is 48.8 Å². The molecule has 1 aromatic carbocycles. The van der Waals surface area contributed by atoms with Crippen molar-refractivity contribution in [1.82, 2.24) is 10.3 Å². The Morgan fingerprint density at radius 3 is 2.57 bits per heavy atom. The first-order valence-corrected chi connectivity index (χ1v) is 8.08. The van der Waals surface area contributed by atoms with Gasteiger partial charge in [0.05, 0.1) is 0 Å². The Balaban J connectivity index is 1.91. The van der Waals surface area contributed by atoms with E-state index >= 15 is 0 Å². The molecule has 0 fully saturated rings. The molecule has 0 atom stereocenters. The number of para-hydroxylation sites is 1. The predicted molar refractivity (Wildman–Crippen MR) is 92.0 cm³/mol. The third-order valence-electron chi connectivity index (χ3n) is 3.69. The van der Waals surface area contributed by atoms with Crippen molar-refractivity contribution in [3.8, 4) is 0 Å². The number of rotatable bonds is 7. The molecule has 5 nitrogen and oxygen atoms in total. The van der Waals surface area contributed by atoms with E-state index in [2.05, 4.69) is 34.3 Å². The van der Waals surface area contributed by atoms with Crippen LogP contribution in [-0.4, -0.2) is 30.5 Å². The molecule has 1 heterocycles. The summed E-state index contributed by atoms with van der Waals surface area (Å²) in [5.41, 5.74) is 1.54. The number of likely N-dealkylation sites (N-methyl/N-ethyl adjacent to an activating group) is 1. The van der Waals surface area contributed by atoms with E-state index in [1.54, 1.807) is 6.92 Å². The second-order valence-electron chi connectivity index (χ2n) is 5.78. The zero-order valence-corrected chi connectivity index (χ0v) is 14.3. The van der Waals surface area contributed by atoms with Gasteiger partial charge in [0.2, 0.25) is 0 Å². The number of hydrogen-bond acceptors (Lipinski definition) is 4. The average Bonchev–Trinajstić information content (AvgIpc) is 2.94. The number of aromatic nitrogens is 1. The highest BCUT2D eigenvalue weighted by atomic mass is 16.4. The molecule has 0 saturated heterocycles. The second kappa shape index (κ2) is 7.81. The number of amides is 1. The van der Waals surface area contributed by atoms with E-state index in [0.29, 0.717) is 23.9 Å². The maximum atomic E-state index is 12.3. The summed E-state index contributed by atoms with van der Waals surface area (Å²) in [4.78, 5) is 18.8. The van der Waals surface area contributed by atoms with Gasteiger partial charge in [-0.1, -0.05) is 32.0 Å². The van der Waals surface area contributed by atoms with Gasteiger partial charge in [-0.3, -0.25) is 4.79 Å². The minimum absolute atomic E-state index is 0.170. The third kappa shape index (κ3) is 4.34. The number of anilines is 1. The van der Waals surface area contributed by atoms with Crippen molar-refractivity contribution in [3.63, 3.8) is 0 Å². The monoisotopic (exact) mass is 315 g/mol. The zero-order chi connectivity index (χ0) is 16.8. The summed E-state index contributed by atoms with van der Waals surface area (Å²) >= 11 is 0. The number of benzene rings is 1. The highest BCUT2D eigenvalue weighted by Crippen LogP contribution is 2.17. The van der Waals surface area contributed by atoms with Crippen molar-refractivity contribution in [2.45, 2.75) is 33.6 Å². The van der Waals surface area contributed by atoms with Crippen molar-refractivity contribution >= 4 is 11.6 Å². The average molecular weight is 315 g/mol. The smallest absolute Gasteiger partial charge is 0.273 e. The van der Waals surface area contributed by atoms with Gasteiger partial charge in [-0.05, 0) is 26.0 Å². The fourth-order valence-corrected chi connectivity index (χ4v) is 2.37. The Morgan fingerprint density at radius 1 is 1.30 bits per heavy atom. The topological polar surface area (TPSA) is 58.4 Å². The van der Waals surface area contributed by atoms with Gasteiger partial charge < -0.3 is 14.6 Å². The van der Waals surface area contributed by atoms with Crippen LogP contribution in [0.15, 0.2) is 34.7 Å². The fraction of sp³-hybridized carbons (Fsp3) is 0.444. The number of carbonyl (C=O) groups excluding carboxylic acids is 1. The van der Waals surface area contributed by atoms with Crippen molar-refractivity contribution in [1.29, 1.82) is 0 Å². The molecule has 1 aromatic heterocycles. The Labute approximate surface area is 137 Å². The molecule has 0 aliphatic rings. The standard InChI is InChI=1S/C18H25N3O2/c1-5-21(15-9-7-6-8-10-15)12-11-19-17(22)16-14(4)23-18(20-16)13(2)3/h6-10,13H,5,11-12H2,1-4H3,(H,19,22). The van der Waals surface area contributed by atoms with Crippen LogP contribution in [0.5, 0.6) is 0 Å². The molecular weight excluding hydrogens is 290 g/mol. The molecule has 0 aliphatic heterocycles. The number of oxazole rings is 1. The summed E-state index contributed by atoms with van der Waals surface area (Å²) in [5.74, 6) is 1.17. The first kappa shape index (κ1) is 17.1. The Hall–Kier alpha value is -2.30. The van der Waals surface area contributed by atoms with Crippen molar-refractivity contribution in [2.75, 3.05) is 24.5 Å². The molecule has 2 aromatic rings. The normalized spacial score (nSPS) is 10.8. The van der Waals surface area contributed by atoms with Crippen molar-refractivity contribution in [2.24, 2.45) is 0 Å². The molecule has 0 bridgehead atoms. The van der Waals surface area contributed by atoms with E-state index < -0.39 is 0 Å². The summed E-state index contributed by atoms with van der Waals surface area (Å²) in [6, 6.07) is 10.2. The van der Waals surface area contributed by atoms with Gasteiger partial charge in [0.25, 0.3) is 5.91 Å². The van der Waals surface area contributed by atoms with Crippen LogP contribution in [0.4, 0.5) is 5.69 Å². The summed E-state index contributed by atoms with van der Waals surface area (Å²) < 4.78 is 5.53. The predicted octanol–water partition coefficient (Wildman–Crippen LogP) is 3.36. The minimum Gasteiger partial charge on any atom is -0.445 e. The molecule has 124 valence electrons. The lowest BCUT2D eigenvalue weighted by Gasteiger charge is -2.23. The molecule has 0 saturated carbocycles. The van der Waals surface area contributed by atoms with Crippen LogP contribution in [-0.2, 0) is 0 Å². The van der Waals surface area contributed by atoms with E-state index in [9.17, 15) is 4.79 Å². The van der Waals surface area contributed by atoms with Gasteiger partial charge in [0, 0.05) is 31.2 Å². The Morgan fingerprint density at radius 2 is 2.00 bits per heavy atom. The molecule has 23 heavy (non-hydrogen) atoms. The quantitative estimate of drug-likeness (QED) is 0.851. The van der Waals surface area contributed by atoms with Crippen LogP contribution < -0.4 is 10.2 Å². The van der Waals surface area contributed by atoms with Gasteiger partial charge in [-0.2, -0.15) is 0 Å². The Kier molecular flexibility index (Phi) is 5.79. The van der Waals surface area contributed by atoms with E-state index in [1.165, 1.54) is 0 Å². The van der Waals surface area contributed by atoms with Crippen LogP contribution in [0.2, 0.25) is 0 Å². The molecule has 1 amide bonds. The highest BCUT2D eigenvalue weighted by molar-refractivity contribution is 5.93. The van der Waals surface area contributed by atoms with Crippen LogP contribution >= 0.6 is 0 Å². The van der Waals surface area contributed by atoms with Crippen molar-refractivity contribution < 1.29 is 9.21 Å². The molecule has 2 rings (SSSR count). The molecule has 0 radical (unpaired) electrons. The molecule has 0 spiro atoms. The number of hydrogen-bond donors (Lipinski definition) is 1. The van der Waals surface area contributed by atoms with E-state index in [0.717, 1.165) is 18.8 Å². The minimum atomic E-state index is -0.178. The Bertz CT molecular complexity index is 635.